The highest BCUT2D eigenvalue weighted by Gasteiger charge is 2.36. The minimum Gasteiger partial charge on any atom is -0.394 e. The highest BCUT2D eigenvalue weighted by atomic mass is 19.1. The maximum Gasteiger partial charge on any atom is 0.312 e. The van der Waals surface area contributed by atoms with Gasteiger partial charge in [0.2, 0.25) is 0 Å². The lowest BCUT2D eigenvalue weighted by molar-refractivity contribution is -0.0487. The average Bonchev–Trinajstić information content (AvgIpc) is 2.92. The summed E-state index contributed by atoms with van der Waals surface area (Å²) in [5.41, 5.74) is 5.93. The molecule has 102 valence electrons. The predicted molar refractivity (Wildman–Crippen MR) is 61.3 cm³/mol. The van der Waals surface area contributed by atoms with Crippen molar-refractivity contribution in [3.8, 4) is 0 Å². The molecule has 8 nitrogen and oxygen atoms in total. The molecule has 9 heteroatoms. The van der Waals surface area contributed by atoms with E-state index in [1.165, 1.54) is 10.9 Å². The van der Waals surface area contributed by atoms with Gasteiger partial charge in [-0.3, -0.25) is 4.57 Å². The van der Waals surface area contributed by atoms with E-state index in [0.29, 0.717) is 0 Å². The Labute approximate surface area is 106 Å². The molecule has 0 saturated carbocycles. The number of hydrogen-bond donors (Lipinski definition) is 3. The molecular weight excluding hydrogens is 257 g/mol. The third-order valence-electron chi connectivity index (χ3n) is 3.06. The van der Waals surface area contributed by atoms with E-state index in [4.69, 9.17) is 15.6 Å². The summed E-state index contributed by atoms with van der Waals surface area (Å²) < 4.78 is 20.0. The van der Waals surface area contributed by atoms with Gasteiger partial charge in [0.1, 0.15) is 6.10 Å². The van der Waals surface area contributed by atoms with Gasteiger partial charge in [-0.2, -0.15) is 14.4 Å². The Morgan fingerprint density at radius 2 is 2.32 bits per heavy atom. The fraction of sp³-hybridized carbons (Fsp3) is 0.500. The number of nitrogens with two attached hydrogens (primary N) is 1. The fourth-order valence-corrected chi connectivity index (χ4v) is 2.19. The number of aliphatic hydroxyl groups is 2. The van der Waals surface area contributed by atoms with Gasteiger partial charge in [0.05, 0.1) is 19.0 Å². The minimum absolute atomic E-state index is 0.0764. The van der Waals surface area contributed by atoms with Gasteiger partial charge in [-0.1, -0.05) is 0 Å². The van der Waals surface area contributed by atoms with Gasteiger partial charge >= 0.3 is 6.08 Å². The lowest BCUT2D eigenvalue weighted by atomic mass is 10.2. The number of aliphatic hydroxyl groups excluding tert-OH is 2. The van der Waals surface area contributed by atoms with E-state index in [1.54, 1.807) is 0 Å². The van der Waals surface area contributed by atoms with Crippen LogP contribution in [0.25, 0.3) is 11.2 Å². The van der Waals surface area contributed by atoms with Crippen molar-refractivity contribution in [2.45, 2.75) is 24.9 Å². The smallest absolute Gasteiger partial charge is 0.312 e. The zero-order valence-electron chi connectivity index (χ0n) is 9.77. The van der Waals surface area contributed by atoms with Crippen molar-refractivity contribution in [3.05, 3.63) is 12.4 Å². The molecule has 1 aliphatic heterocycles. The Morgan fingerprint density at radius 3 is 3.00 bits per heavy atom. The lowest BCUT2D eigenvalue weighted by Gasteiger charge is -2.16. The maximum absolute atomic E-state index is 13.2. The van der Waals surface area contributed by atoms with Gasteiger partial charge in [0.25, 0.3) is 0 Å². The summed E-state index contributed by atoms with van der Waals surface area (Å²) in [5.74, 6) is -0.0764. The standard InChI is InChI=1S/C10H12FN5O3/c11-10-14-7(12)6-8(15-10)16(3-13-6)9-5(18)1-4(2-17)19-9/h3-5,9,17-18H,1-2H2,(H2,12,14,15)/t4-,5+,9+/m0/s1. The van der Waals surface area contributed by atoms with Crippen LogP contribution in [0.3, 0.4) is 0 Å². The molecule has 3 rings (SSSR count). The molecule has 19 heavy (non-hydrogen) atoms. The number of fused-ring (bicyclic) bond motifs is 1. The van der Waals surface area contributed by atoms with Crippen LogP contribution in [0.1, 0.15) is 12.6 Å². The molecule has 0 bridgehead atoms. The molecule has 0 spiro atoms. The topological polar surface area (TPSA) is 119 Å². The monoisotopic (exact) mass is 269 g/mol. The SMILES string of the molecule is Nc1nc(F)nc2c1ncn2[C@@H]1O[C@H](CO)C[C@H]1O. The van der Waals surface area contributed by atoms with Crippen LogP contribution in [-0.2, 0) is 4.74 Å². The van der Waals surface area contributed by atoms with Crippen molar-refractivity contribution in [1.82, 2.24) is 19.5 Å². The van der Waals surface area contributed by atoms with Crippen LogP contribution in [-0.4, -0.2) is 48.5 Å². The van der Waals surface area contributed by atoms with Gasteiger partial charge in [-0.15, -0.1) is 0 Å². The molecule has 0 unspecified atom stereocenters. The number of hydrogen-bond acceptors (Lipinski definition) is 7. The first-order chi connectivity index (χ1) is 9.10. The van der Waals surface area contributed by atoms with Crippen molar-refractivity contribution >= 4 is 17.0 Å². The first-order valence-corrected chi connectivity index (χ1v) is 5.70. The van der Waals surface area contributed by atoms with Gasteiger partial charge in [-0.05, 0) is 0 Å². The summed E-state index contributed by atoms with van der Waals surface area (Å²) in [6, 6.07) is 0. The molecule has 2 aromatic heterocycles. The molecule has 0 aliphatic carbocycles. The second-order valence-corrected chi connectivity index (χ2v) is 4.34. The van der Waals surface area contributed by atoms with E-state index in [0.717, 1.165) is 0 Å². The van der Waals surface area contributed by atoms with Crippen LogP contribution >= 0.6 is 0 Å². The molecule has 0 amide bonds. The number of nitrogen functional groups attached to an aromatic ring is 1. The van der Waals surface area contributed by atoms with Crippen molar-refractivity contribution in [1.29, 1.82) is 0 Å². The van der Waals surface area contributed by atoms with Crippen LogP contribution in [0.15, 0.2) is 6.33 Å². The Morgan fingerprint density at radius 1 is 1.53 bits per heavy atom. The summed E-state index contributed by atoms with van der Waals surface area (Å²) >= 11 is 0. The Kier molecular flexibility index (Phi) is 2.81. The number of halogens is 1. The fourth-order valence-electron chi connectivity index (χ4n) is 2.19. The minimum atomic E-state index is -0.974. The van der Waals surface area contributed by atoms with E-state index < -0.39 is 24.5 Å². The van der Waals surface area contributed by atoms with Gasteiger partial charge in [0.15, 0.2) is 23.2 Å². The average molecular weight is 269 g/mol. The molecule has 1 fully saturated rings. The van der Waals surface area contributed by atoms with E-state index in [2.05, 4.69) is 15.0 Å². The molecule has 1 aliphatic rings. The summed E-state index contributed by atoms with van der Waals surface area (Å²) in [4.78, 5) is 11.0. The Balaban J connectivity index is 2.06. The summed E-state index contributed by atoms with van der Waals surface area (Å²) in [7, 11) is 0. The van der Waals surface area contributed by atoms with Crippen LogP contribution in [0, 0.1) is 6.08 Å². The maximum atomic E-state index is 13.2. The predicted octanol–water partition coefficient (Wildman–Crippen LogP) is -0.812. The Bertz CT molecular complexity index is 618. The second-order valence-electron chi connectivity index (χ2n) is 4.34. The number of ether oxygens (including phenoxy) is 1. The van der Waals surface area contributed by atoms with Crippen LogP contribution < -0.4 is 5.73 Å². The summed E-state index contributed by atoms with van der Waals surface area (Å²) in [6.45, 7) is -0.203. The second kappa shape index (κ2) is 4.37. The first-order valence-electron chi connectivity index (χ1n) is 5.70. The molecule has 3 heterocycles. The molecule has 1 saturated heterocycles. The summed E-state index contributed by atoms with van der Waals surface area (Å²) in [6.07, 6.45) is -1.43. The van der Waals surface area contributed by atoms with E-state index >= 15 is 0 Å². The first kappa shape index (κ1) is 12.2. The Hall–Kier alpha value is -1.84. The van der Waals surface area contributed by atoms with Gasteiger partial charge in [0, 0.05) is 6.42 Å². The number of anilines is 1. The van der Waals surface area contributed by atoms with Crippen LogP contribution in [0.2, 0.25) is 0 Å². The molecule has 2 aromatic rings. The van der Waals surface area contributed by atoms with Crippen molar-refractivity contribution in [3.63, 3.8) is 0 Å². The zero-order valence-corrected chi connectivity index (χ0v) is 9.77. The number of nitrogens with zero attached hydrogens (tertiary/aromatic N) is 4. The molecule has 3 atom stereocenters. The van der Waals surface area contributed by atoms with E-state index in [9.17, 15) is 9.50 Å². The molecular formula is C10H12FN5O3. The molecule has 0 radical (unpaired) electrons. The summed E-state index contributed by atoms with van der Waals surface area (Å²) in [5, 5.41) is 18.9. The number of aromatic nitrogens is 4. The van der Waals surface area contributed by atoms with Crippen LogP contribution in [0.5, 0.6) is 0 Å². The molecule has 4 N–H and O–H groups in total. The normalized spacial score (nSPS) is 27.2. The highest BCUT2D eigenvalue weighted by molar-refractivity contribution is 5.81. The van der Waals surface area contributed by atoms with Crippen LogP contribution in [0.4, 0.5) is 10.2 Å². The highest BCUT2D eigenvalue weighted by Crippen LogP contribution is 2.31. The van der Waals surface area contributed by atoms with E-state index in [1.807, 2.05) is 0 Å². The number of rotatable bonds is 2. The van der Waals surface area contributed by atoms with Crippen molar-refractivity contribution in [2.24, 2.45) is 0 Å². The van der Waals surface area contributed by atoms with Crippen molar-refractivity contribution in [2.75, 3.05) is 12.3 Å². The largest absolute Gasteiger partial charge is 0.394 e. The molecule has 0 aromatic carbocycles. The zero-order chi connectivity index (χ0) is 13.6. The van der Waals surface area contributed by atoms with Gasteiger partial charge < -0.3 is 20.7 Å². The van der Waals surface area contributed by atoms with E-state index in [-0.39, 0.29) is 30.0 Å². The lowest BCUT2D eigenvalue weighted by Crippen LogP contribution is -2.19. The van der Waals surface area contributed by atoms with Gasteiger partial charge in [-0.25, -0.2) is 4.98 Å². The third kappa shape index (κ3) is 1.91. The van der Waals surface area contributed by atoms with Crippen molar-refractivity contribution < 1.29 is 19.3 Å². The third-order valence-corrected chi connectivity index (χ3v) is 3.06. The number of imidazole rings is 1. The quantitative estimate of drug-likeness (QED) is 0.610.